The lowest BCUT2D eigenvalue weighted by molar-refractivity contribution is -0.158. The summed E-state index contributed by atoms with van der Waals surface area (Å²) >= 11 is 5.17. The maximum Gasteiger partial charge on any atom is 0.310 e. The number of carbonyl (C=O) groups excluding carboxylic acids is 1. The van der Waals surface area contributed by atoms with Gasteiger partial charge in [-0.15, -0.1) is 11.8 Å². The van der Waals surface area contributed by atoms with Gasteiger partial charge in [0.2, 0.25) is 0 Å². The van der Waals surface area contributed by atoms with Gasteiger partial charge in [-0.3, -0.25) is 4.79 Å². The molecular weight excluding hydrogens is 324 g/mol. The molecule has 1 aromatic carbocycles. The highest BCUT2D eigenvalue weighted by molar-refractivity contribution is 9.10. The van der Waals surface area contributed by atoms with E-state index in [0.717, 1.165) is 10.2 Å². The molecule has 0 aromatic heterocycles. The molecule has 0 heterocycles. The molecule has 0 saturated carbocycles. The monoisotopic (exact) mass is 344 g/mol. The molecule has 1 unspecified atom stereocenters. The first-order valence-corrected chi connectivity index (χ1v) is 8.09. The third kappa shape index (κ3) is 6.00. The lowest BCUT2D eigenvalue weighted by Crippen LogP contribution is -2.28. The van der Waals surface area contributed by atoms with Gasteiger partial charge in [0.05, 0.1) is 5.92 Å². The Labute approximate surface area is 128 Å². The molecule has 106 valence electrons. The summed E-state index contributed by atoms with van der Waals surface area (Å²) in [6.45, 7) is 9.65. The van der Waals surface area contributed by atoms with Gasteiger partial charge >= 0.3 is 5.97 Å². The summed E-state index contributed by atoms with van der Waals surface area (Å²) in [6.07, 6.45) is 0. The van der Waals surface area contributed by atoms with Gasteiger partial charge in [-0.05, 0) is 51.5 Å². The van der Waals surface area contributed by atoms with Crippen LogP contribution in [-0.4, -0.2) is 17.3 Å². The van der Waals surface area contributed by atoms with E-state index in [2.05, 4.69) is 35.0 Å². The van der Waals surface area contributed by atoms with E-state index in [1.165, 1.54) is 10.5 Å². The maximum atomic E-state index is 11.9. The van der Waals surface area contributed by atoms with Crippen molar-refractivity contribution >= 4 is 33.7 Å². The molecule has 0 amide bonds. The van der Waals surface area contributed by atoms with Crippen LogP contribution in [0.3, 0.4) is 0 Å². The van der Waals surface area contributed by atoms with Gasteiger partial charge < -0.3 is 4.74 Å². The van der Waals surface area contributed by atoms with Gasteiger partial charge in [0.1, 0.15) is 5.60 Å². The number of thioether (sulfide) groups is 1. The molecule has 0 N–H and O–H groups in total. The van der Waals surface area contributed by atoms with Gasteiger partial charge in [-0.25, -0.2) is 0 Å². The van der Waals surface area contributed by atoms with Crippen molar-refractivity contribution in [2.24, 2.45) is 5.92 Å². The summed E-state index contributed by atoms with van der Waals surface area (Å²) in [4.78, 5) is 13.0. The lowest BCUT2D eigenvalue weighted by Gasteiger charge is -2.22. The van der Waals surface area contributed by atoms with Crippen molar-refractivity contribution in [3.8, 4) is 0 Å². The van der Waals surface area contributed by atoms with E-state index in [-0.39, 0.29) is 11.9 Å². The quantitative estimate of drug-likeness (QED) is 0.578. The van der Waals surface area contributed by atoms with Crippen LogP contribution in [0.4, 0.5) is 0 Å². The number of hydrogen-bond donors (Lipinski definition) is 0. The van der Waals surface area contributed by atoms with Crippen LogP contribution < -0.4 is 0 Å². The van der Waals surface area contributed by atoms with E-state index >= 15 is 0 Å². The van der Waals surface area contributed by atoms with E-state index < -0.39 is 5.60 Å². The molecule has 4 heteroatoms. The van der Waals surface area contributed by atoms with Crippen molar-refractivity contribution in [1.82, 2.24) is 0 Å². The number of halogens is 1. The molecule has 0 spiro atoms. The summed E-state index contributed by atoms with van der Waals surface area (Å²) < 4.78 is 6.48. The van der Waals surface area contributed by atoms with Crippen molar-refractivity contribution < 1.29 is 9.53 Å². The van der Waals surface area contributed by atoms with Crippen molar-refractivity contribution in [1.29, 1.82) is 0 Å². The summed E-state index contributed by atoms with van der Waals surface area (Å²) in [5.41, 5.74) is 0.791. The zero-order valence-corrected chi connectivity index (χ0v) is 14.5. The second-order valence-corrected chi connectivity index (χ2v) is 7.60. The van der Waals surface area contributed by atoms with Crippen LogP contribution in [0.15, 0.2) is 27.6 Å². The average molecular weight is 345 g/mol. The molecule has 19 heavy (non-hydrogen) atoms. The first kappa shape index (κ1) is 16.6. The fraction of sp³-hybridized carbons (Fsp3) is 0.533. The Hall–Kier alpha value is -0.480. The first-order chi connectivity index (χ1) is 8.69. The SMILES string of the molecule is Cc1cc(SCC(C)C(=O)OC(C)(C)C)ccc1Br. The van der Waals surface area contributed by atoms with Crippen LogP contribution in [0.5, 0.6) is 0 Å². The second-order valence-electron chi connectivity index (χ2n) is 5.66. The Bertz CT molecular complexity index is 452. The topological polar surface area (TPSA) is 26.3 Å². The van der Waals surface area contributed by atoms with Gasteiger partial charge in [0.25, 0.3) is 0 Å². The van der Waals surface area contributed by atoms with E-state index in [1.807, 2.05) is 33.8 Å². The number of hydrogen-bond acceptors (Lipinski definition) is 3. The van der Waals surface area contributed by atoms with Crippen LogP contribution in [0.2, 0.25) is 0 Å². The lowest BCUT2D eigenvalue weighted by atomic mass is 10.1. The zero-order valence-electron chi connectivity index (χ0n) is 12.1. The second kappa shape index (κ2) is 6.80. The minimum Gasteiger partial charge on any atom is -0.460 e. The van der Waals surface area contributed by atoms with Gasteiger partial charge in [0.15, 0.2) is 0 Å². The predicted octanol–water partition coefficient (Wildman–Crippen LogP) is 4.83. The summed E-state index contributed by atoms with van der Waals surface area (Å²) in [5, 5.41) is 0. The minimum atomic E-state index is -0.412. The number of aryl methyl sites for hydroxylation is 1. The molecule has 0 aliphatic carbocycles. The Morgan fingerprint density at radius 1 is 1.42 bits per heavy atom. The Balaban J connectivity index is 2.52. The third-order valence-electron chi connectivity index (χ3n) is 2.44. The van der Waals surface area contributed by atoms with Crippen molar-refractivity contribution in [3.63, 3.8) is 0 Å². The average Bonchev–Trinajstić information content (AvgIpc) is 2.28. The predicted molar refractivity (Wildman–Crippen MR) is 84.6 cm³/mol. The molecule has 0 saturated heterocycles. The summed E-state index contributed by atoms with van der Waals surface area (Å²) in [7, 11) is 0. The number of esters is 1. The van der Waals surface area contributed by atoms with Crippen molar-refractivity contribution in [2.75, 3.05) is 5.75 Å². The fourth-order valence-electron chi connectivity index (χ4n) is 1.40. The van der Waals surface area contributed by atoms with E-state index in [4.69, 9.17) is 4.74 Å². The highest BCUT2D eigenvalue weighted by atomic mass is 79.9. The maximum absolute atomic E-state index is 11.9. The van der Waals surface area contributed by atoms with Crippen LogP contribution in [0.25, 0.3) is 0 Å². The van der Waals surface area contributed by atoms with E-state index in [0.29, 0.717) is 0 Å². The molecule has 0 radical (unpaired) electrons. The summed E-state index contributed by atoms with van der Waals surface area (Å²) in [6, 6.07) is 6.22. The van der Waals surface area contributed by atoms with Crippen LogP contribution in [0, 0.1) is 12.8 Å². The molecule has 0 fully saturated rings. The van der Waals surface area contributed by atoms with Crippen molar-refractivity contribution in [3.05, 3.63) is 28.2 Å². The highest BCUT2D eigenvalue weighted by Crippen LogP contribution is 2.26. The van der Waals surface area contributed by atoms with E-state index in [9.17, 15) is 4.79 Å². The standard InChI is InChI=1S/C15H21BrO2S/c1-10-8-12(6-7-13(10)16)19-9-11(2)14(17)18-15(3,4)5/h6-8,11H,9H2,1-5H3. The van der Waals surface area contributed by atoms with Gasteiger partial charge in [-0.2, -0.15) is 0 Å². The molecule has 0 bridgehead atoms. The molecule has 1 aromatic rings. The minimum absolute atomic E-state index is 0.104. The van der Waals surface area contributed by atoms with Crippen molar-refractivity contribution in [2.45, 2.75) is 45.1 Å². The molecule has 0 aliphatic heterocycles. The number of ether oxygens (including phenoxy) is 1. The van der Waals surface area contributed by atoms with Crippen LogP contribution in [0.1, 0.15) is 33.3 Å². The van der Waals surface area contributed by atoms with Crippen LogP contribution in [-0.2, 0) is 9.53 Å². The molecular formula is C15H21BrO2S. The Morgan fingerprint density at radius 3 is 2.58 bits per heavy atom. The van der Waals surface area contributed by atoms with Gasteiger partial charge in [-0.1, -0.05) is 22.9 Å². The number of benzene rings is 1. The number of rotatable bonds is 4. The van der Waals surface area contributed by atoms with Gasteiger partial charge in [0, 0.05) is 15.1 Å². The normalized spacial score (nSPS) is 13.2. The molecule has 1 atom stereocenters. The molecule has 1 rings (SSSR count). The molecule has 0 aliphatic rings. The Kier molecular flexibility index (Phi) is 5.93. The summed E-state index contributed by atoms with van der Waals surface area (Å²) in [5.74, 6) is 0.498. The zero-order chi connectivity index (χ0) is 14.6. The Morgan fingerprint density at radius 2 is 2.05 bits per heavy atom. The van der Waals surface area contributed by atoms with Crippen LogP contribution >= 0.6 is 27.7 Å². The molecule has 2 nitrogen and oxygen atoms in total. The fourth-order valence-corrected chi connectivity index (χ4v) is 2.65. The smallest absolute Gasteiger partial charge is 0.310 e. The largest absolute Gasteiger partial charge is 0.460 e. The third-order valence-corrected chi connectivity index (χ3v) is 4.58. The highest BCUT2D eigenvalue weighted by Gasteiger charge is 2.21. The number of carbonyl (C=O) groups is 1. The first-order valence-electron chi connectivity index (χ1n) is 6.31. The van der Waals surface area contributed by atoms with E-state index in [1.54, 1.807) is 11.8 Å².